The highest BCUT2D eigenvalue weighted by atomic mass is 16.5. The number of carbonyl (C=O) groups excluding carboxylic acids is 4. The van der Waals surface area contributed by atoms with Crippen LogP contribution in [0.15, 0.2) is 93.9 Å². The minimum Gasteiger partial charge on any atom is -0.493 e. The Hall–Kier alpha value is -6.30. The van der Waals surface area contributed by atoms with Gasteiger partial charge in [0.15, 0.2) is 46.1 Å². The second-order valence-electron chi connectivity index (χ2n) is 23.1. The van der Waals surface area contributed by atoms with Crippen LogP contribution < -0.4 is 28.4 Å². The van der Waals surface area contributed by atoms with Crippen molar-refractivity contribution in [3.63, 3.8) is 0 Å². The van der Waals surface area contributed by atoms with Gasteiger partial charge in [0.1, 0.15) is 36.3 Å². The van der Waals surface area contributed by atoms with Gasteiger partial charge in [0.05, 0.1) is 28.4 Å². The van der Waals surface area contributed by atoms with Gasteiger partial charge >= 0.3 is 0 Å². The van der Waals surface area contributed by atoms with Gasteiger partial charge in [-0.15, -0.1) is 0 Å². The normalized spacial score (nSPS) is 21.5. The third-order valence-electron chi connectivity index (χ3n) is 14.6. The lowest BCUT2D eigenvalue weighted by molar-refractivity contribution is -0.122. The molecule has 2 aliphatic heterocycles. The van der Waals surface area contributed by atoms with Gasteiger partial charge in [0, 0.05) is 85.5 Å². The van der Waals surface area contributed by atoms with Crippen LogP contribution in [0, 0.1) is 21.7 Å². The standard InChI is InChI=1S/C58H66O12/c1-55(2)21-35(59)49-43(25-55)69-44-26-56(3,4)22-36(60)50(44)47(49)33-17-39(63-9)53(40(18-33)64-10)67-29-31-14-13-15-32(16-31)30-68-54-41(65-11)19-34(20-42(54)66-12)48-51-37(61)23-57(5,6)27-45(51)70-46-28-58(7,8)24-38(62)52(46)48/h13-20,47-48H,21-30H2,1-12H3. The fraction of sp³-hybridized carbons (Fsp3) is 0.483. The maximum Gasteiger partial charge on any atom is 0.203 e. The van der Waals surface area contributed by atoms with Crippen LogP contribution in [0.25, 0.3) is 0 Å². The highest BCUT2D eigenvalue weighted by molar-refractivity contribution is 6.07. The average Bonchev–Trinajstić information content (AvgIpc) is 3.26. The van der Waals surface area contributed by atoms with E-state index in [1.807, 2.05) is 48.5 Å². The summed E-state index contributed by atoms with van der Waals surface area (Å²) in [6.07, 6.45) is 3.73. The summed E-state index contributed by atoms with van der Waals surface area (Å²) < 4.78 is 49.8. The fourth-order valence-corrected chi connectivity index (χ4v) is 11.6. The monoisotopic (exact) mass is 954 g/mol. The van der Waals surface area contributed by atoms with E-state index in [9.17, 15) is 19.2 Å². The minimum atomic E-state index is -0.632. The molecule has 70 heavy (non-hydrogen) atoms. The number of ketones is 4. The Morgan fingerprint density at radius 1 is 0.429 bits per heavy atom. The van der Waals surface area contributed by atoms with Crippen LogP contribution in [0.4, 0.5) is 0 Å². The topological polar surface area (TPSA) is 142 Å². The van der Waals surface area contributed by atoms with Crippen molar-refractivity contribution in [2.75, 3.05) is 28.4 Å². The Morgan fingerprint density at radius 3 is 0.957 bits per heavy atom. The summed E-state index contributed by atoms with van der Waals surface area (Å²) in [4.78, 5) is 56.0. The predicted octanol–water partition coefficient (Wildman–Crippen LogP) is 11.7. The van der Waals surface area contributed by atoms with E-state index < -0.39 is 11.8 Å². The smallest absolute Gasteiger partial charge is 0.203 e. The second kappa shape index (κ2) is 17.8. The largest absolute Gasteiger partial charge is 0.493 e. The van der Waals surface area contributed by atoms with Gasteiger partial charge in [0.2, 0.25) is 11.5 Å². The molecule has 3 aromatic carbocycles. The Kier molecular flexibility index (Phi) is 12.4. The number of carbonyl (C=O) groups is 4. The van der Waals surface area contributed by atoms with Gasteiger partial charge in [-0.05, 0) is 74.2 Å². The second-order valence-corrected chi connectivity index (χ2v) is 23.1. The summed E-state index contributed by atoms with van der Waals surface area (Å²) in [5.41, 5.74) is 4.07. The molecule has 0 atom stereocenters. The van der Waals surface area contributed by atoms with Crippen LogP contribution in [-0.4, -0.2) is 51.6 Å². The van der Waals surface area contributed by atoms with E-state index in [1.54, 1.807) is 28.4 Å². The third kappa shape index (κ3) is 9.14. The Bertz CT molecular complexity index is 2520. The van der Waals surface area contributed by atoms with Crippen LogP contribution in [0.3, 0.4) is 0 Å². The summed E-state index contributed by atoms with van der Waals surface area (Å²) in [5, 5.41) is 0. The molecule has 0 aromatic heterocycles. The first-order valence-electron chi connectivity index (χ1n) is 24.3. The van der Waals surface area contributed by atoms with Gasteiger partial charge in [-0.3, -0.25) is 19.2 Å². The first-order chi connectivity index (χ1) is 33.0. The number of hydrogen-bond acceptors (Lipinski definition) is 12. The third-order valence-corrected chi connectivity index (χ3v) is 14.6. The molecule has 3 aromatic rings. The Labute approximate surface area is 411 Å². The first-order valence-corrected chi connectivity index (χ1v) is 24.3. The van der Waals surface area contributed by atoms with Crippen molar-refractivity contribution in [3.05, 3.63) is 116 Å². The first kappa shape index (κ1) is 48.7. The summed E-state index contributed by atoms with van der Waals surface area (Å²) in [6, 6.07) is 15.2. The number of hydrogen-bond donors (Lipinski definition) is 0. The van der Waals surface area contributed by atoms with E-state index in [-0.39, 0.29) is 58.0 Å². The lowest BCUT2D eigenvalue weighted by Gasteiger charge is -2.42. The summed E-state index contributed by atoms with van der Waals surface area (Å²) in [7, 11) is 6.22. The molecular formula is C58H66O12. The lowest BCUT2D eigenvalue weighted by Crippen LogP contribution is -2.37. The molecule has 0 unspecified atom stereocenters. The molecule has 0 bridgehead atoms. The lowest BCUT2D eigenvalue weighted by atomic mass is 9.65. The average molecular weight is 955 g/mol. The Balaban J connectivity index is 0.977. The molecule has 4 aliphatic carbocycles. The Morgan fingerprint density at radius 2 is 0.700 bits per heavy atom. The molecule has 9 rings (SSSR count). The molecule has 0 saturated carbocycles. The van der Waals surface area contributed by atoms with Gasteiger partial charge < -0.3 is 37.9 Å². The van der Waals surface area contributed by atoms with Crippen LogP contribution in [0.2, 0.25) is 0 Å². The van der Waals surface area contributed by atoms with E-state index in [1.165, 1.54) is 0 Å². The number of ether oxygens (including phenoxy) is 8. The number of Topliss-reactive ketones (excluding diaryl/α,β-unsaturated/α-hetero) is 4. The molecule has 0 radical (unpaired) electrons. The maximum atomic E-state index is 14.0. The summed E-state index contributed by atoms with van der Waals surface area (Å²) in [5.74, 6) is 3.51. The van der Waals surface area contributed by atoms with Gasteiger partial charge in [0.25, 0.3) is 0 Å². The fourth-order valence-electron chi connectivity index (χ4n) is 11.6. The quantitative estimate of drug-likeness (QED) is 0.170. The van der Waals surface area contributed by atoms with Crippen molar-refractivity contribution in [1.29, 1.82) is 0 Å². The highest BCUT2D eigenvalue weighted by Crippen LogP contribution is 2.57. The van der Waals surface area contributed by atoms with Crippen molar-refractivity contribution in [2.24, 2.45) is 21.7 Å². The predicted molar refractivity (Wildman–Crippen MR) is 262 cm³/mol. The number of rotatable bonds is 12. The molecule has 0 amide bonds. The van der Waals surface area contributed by atoms with E-state index >= 15 is 0 Å². The molecule has 12 nitrogen and oxygen atoms in total. The zero-order valence-electron chi connectivity index (χ0n) is 42.7. The van der Waals surface area contributed by atoms with Crippen LogP contribution in [0.5, 0.6) is 34.5 Å². The minimum absolute atomic E-state index is 0.0263. The zero-order chi connectivity index (χ0) is 50.2. The molecule has 12 heteroatoms. The number of allylic oxidation sites excluding steroid dienone is 8. The van der Waals surface area contributed by atoms with Crippen molar-refractivity contribution < 1.29 is 57.1 Å². The van der Waals surface area contributed by atoms with Crippen molar-refractivity contribution in [2.45, 2.75) is 132 Å². The van der Waals surface area contributed by atoms with Crippen molar-refractivity contribution in [3.8, 4) is 34.5 Å². The highest BCUT2D eigenvalue weighted by Gasteiger charge is 2.50. The van der Waals surface area contributed by atoms with Gasteiger partial charge in [-0.2, -0.15) is 0 Å². The maximum absolute atomic E-state index is 14.0. The molecule has 0 N–H and O–H groups in total. The molecule has 6 aliphatic rings. The van der Waals surface area contributed by atoms with Crippen molar-refractivity contribution >= 4 is 23.1 Å². The number of methoxy groups -OCH3 is 4. The molecular weight excluding hydrogens is 889 g/mol. The molecule has 370 valence electrons. The molecule has 0 spiro atoms. The summed E-state index contributed by atoms with van der Waals surface area (Å²) >= 11 is 0. The molecule has 0 fully saturated rings. The SMILES string of the molecule is COc1cc(C2C3=C(CC(C)(C)CC3=O)OC3=C2C(=O)CC(C)(C)C3)cc(OC)c1OCc1cccc(COc2c(OC)cc(C3C4=C(CC(C)(C)CC4=O)OC4=C3C(=O)CC(C)(C)C4)cc2OC)c1. The summed E-state index contributed by atoms with van der Waals surface area (Å²) in [6.45, 7) is 16.8. The van der Waals surface area contributed by atoms with E-state index in [0.717, 1.165) is 11.1 Å². The van der Waals surface area contributed by atoms with Crippen LogP contribution >= 0.6 is 0 Å². The molecule has 2 heterocycles. The van der Waals surface area contributed by atoms with Crippen LogP contribution in [0.1, 0.15) is 141 Å². The zero-order valence-corrected chi connectivity index (χ0v) is 42.7. The van der Waals surface area contributed by atoms with E-state index in [2.05, 4.69) is 55.4 Å². The van der Waals surface area contributed by atoms with Gasteiger partial charge in [-0.1, -0.05) is 73.6 Å². The van der Waals surface area contributed by atoms with Gasteiger partial charge in [-0.25, -0.2) is 0 Å². The molecule has 0 saturated heterocycles. The number of benzene rings is 3. The van der Waals surface area contributed by atoms with E-state index in [4.69, 9.17) is 37.9 Å². The van der Waals surface area contributed by atoms with Crippen LogP contribution in [-0.2, 0) is 41.9 Å². The van der Waals surface area contributed by atoms with Crippen molar-refractivity contribution in [1.82, 2.24) is 0 Å². The van der Waals surface area contributed by atoms with E-state index in [0.29, 0.717) is 142 Å².